The Kier molecular flexibility index (Phi) is 6.21. The van der Waals surface area contributed by atoms with E-state index in [0.29, 0.717) is 0 Å². The van der Waals surface area contributed by atoms with Crippen molar-refractivity contribution in [2.45, 2.75) is 9.79 Å². The molecule has 0 fully saturated rings. The molecule has 0 amide bonds. The predicted molar refractivity (Wildman–Crippen MR) is 212 cm³/mol. The van der Waals surface area contributed by atoms with E-state index < -0.39 is 0 Å². The second kappa shape index (κ2) is 11.1. The van der Waals surface area contributed by atoms with E-state index in [2.05, 4.69) is 165 Å². The lowest BCUT2D eigenvalue weighted by Gasteiger charge is -2.46. The number of anilines is 9. The minimum absolute atomic E-state index is 0.0381. The van der Waals surface area contributed by atoms with Gasteiger partial charge in [-0.2, -0.15) is 0 Å². The van der Waals surface area contributed by atoms with Crippen LogP contribution in [-0.4, -0.2) is 16.7 Å². The van der Waals surface area contributed by atoms with Crippen LogP contribution >= 0.6 is 11.8 Å². The molecule has 0 saturated heterocycles. The SMILES string of the molecule is c1ccc(N2c3ccccc3B3c4ccccc4N(c4ccncc4)c4c5c(cc2c43)N(c2cccc3cccnc23)c2ccccc2S5)cc1. The van der Waals surface area contributed by atoms with Gasteiger partial charge in [0.25, 0.3) is 6.71 Å². The predicted octanol–water partition coefficient (Wildman–Crippen LogP) is 9.65. The fourth-order valence-electron chi connectivity index (χ4n) is 8.31. The first kappa shape index (κ1) is 28.5. The van der Waals surface area contributed by atoms with Gasteiger partial charge in [-0.25, -0.2) is 0 Å². The molecule has 6 aromatic carbocycles. The second-order valence-corrected chi connectivity index (χ2v) is 14.1. The van der Waals surface area contributed by atoms with E-state index in [9.17, 15) is 0 Å². The summed E-state index contributed by atoms with van der Waals surface area (Å²) in [5.41, 5.74) is 15.1. The Morgan fingerprint density at radius 2 is 1.12 bits per heavy atom. The summed E-state index contributed by atoms with van der Waals surface area (Å²) in [6.07, 6.45) is 5.69. The topological polar surface area (TPSA) is 35.5 Å². The van der Waals surface area contributed by atoms with Gasteiger partial charge in [-0.15, -0.1) is 0 Å². The Morgan fingerprint density at radius 1 is 0.471 bits per heavy atom. The largest absolute Gasteiger partial charge is 0.311 e. The Hall–Kier alpha value is -6.31. The lowest BCUT2D eigenvalue weighted by Crippen LogP contribution is -2.61. The Balaban J connectivity index is 1.32. The molecule has 3 aliphatic heterocycles. The van der Waals surface area contributed by atoms with Crippen LogP contribution in [0.2, 0.25) is 0 Å². The lowest BCUT2D eigenvalue weighted by atomic mass is 9.33. The standard InChI is InChI=1S/C44H28BN5S/c1-2-14-30(15-3-1)48-34-18-6-4-16-32(34)45-33-17-5-7-19-35(33)49(31-23-26-46-27-24-31)43-41(45)38(48)28-39-44(43)51-40-22-9-8-20-36(40)50(39)37-21-10-12-29-13-11-25-47-42(29)37/h1-28H. The molecule has 7 heteroatoms. The van der Waals surface area contributed by atoms with Crippen LogP contribution in [0.5, 0.6) is 0 Å². The van der Waals surface area contributed by atoms with E-state index in [0.717, 1.165) is 39.3 Å². The quantitative estimate of drug-likeness (QED) is 0.175. The number of rotatable bonds is 3. The maximum Gasteiger partial charge on any atom is 0.252 e. The Labute approximate surface area is 300 Å². The fraction of sp³-hybridized carbons (Fsp3) is 0. The van der Waals surface area contributed by atoms with E-state index in [1.54, 1.807) is 0 Å². The molecule has 0 bridgehead atoms. The van der Waals surface area contributed by atoms with Crippen molar-refractivity contribution in [3.63, 3.8) is 0 Å². The Bertz CT molecular complexity index is 2650. The van der Waals surface area contributed by atoms with Gasteiger partial charge in [0.05, 0.1) is 33.2 Å². The fourth-order valence-corrected chi connectivity index (χ4v) is 9.49. The molecule has 238 valence electrons. The molecule has 5 heterocycles. The van der Waals surface area contributed by atoms with Crippen molar-refractivity contribution in [1.29, 1.82) is 0 Å². The molecule has 11 rings (SSSR count). The molecule has 2 aromatic heterocycles. The van der Waals surface area contributed by atoms with Crippen molar-refractivity contribution in [3.05, 3.63) is 170 Å². The minimum atomic E-state index is 0.0381. The van der Waals surface area contributed by atoms with Gasteiger partial charge in [0.15, 0.2) is 0 Å². The summed E-state index contributed by atoms with van der Waals surface area (Å²) < 4.78 is 0. The van der Waals surface area contributed by atoms with Crippen molar-refractivity contribution >= 4 is 97.0 Å². The number of nitrogens with zero attached hydrogens (tertiary/aromatic N) is 5. The van der Waals surface area contributed by atoms with Crippen LogP contribution in [0.3, 0.4) is 0 Å². The first-order valence-corrected chi connectivity index (χ1v) is 18.0. The molecule has 0 aliphatic carbocycles. The zero-order valence-corrected chi connectivity index (χ0v) is 28.2. The number of hydrogen-bond donors (Lipinski definition) is 0. The van der Waals surface area contributed by atoms with Crippen LogP contribution < -0.4 is 31.1 Å². The third kappa shape index (κ3) is 4.13. The van der Waals surface area contributed by atoms with Crippen LogP contribution in [0.1, 0.15) is 0 Å². The first-order valence-electron chi connectivity index (χ1n) is 17.2. The highest BCUT2D eigenvalue weighted by Gasteiger charge is 2.46. The lowest BCUT2D eigenvalue weighted by molar-refractivity contribution is 1.13. The number of aromatic nitrogens is 2. The highest BCUT2D eigenvalue weighted by atomic mass is 32.2. The average Bonchev–Trinajstić information content (AvgIpc) is 3.20. The van der Waals surface area contributed by atoms with Crippen LogP contribution in [0, 0.1) is 0 Å². The summed E-state index contributed by atoms with van der Waals surface area (Å²) in [4.78, 5) is 19.2. The van der Waals surface area contributed by atoms with Crippen molar-refractivity contribution in [1.82, 2.24) is 9.97 Å². The van der Waals surface area contributed by atoms with Crippen molar-refractivity contribution in [2.24, 2.45) is 0 Å². The summed E-state index contributed by atoms with van der Waals surface area (Å²) in [5.74, 6) is 0. The zero-order valence-electron chi connectivity index (χ0n) is 27.4. The third-order valence-corrected chi connectivity index (χ3v) is 11.5. The van der Waals surface area contributed by atoms with E-state index >= 15 is 0 Å². The van der Waals surface area contributed by atoms with Gasteiger partial charge >= 0.3 is 0 Å². The smallest absolute Gasteiger partial charge is 0.252 e. The maximum absolute atomic E-state index is 4.96. The van der Waals surface area contributed by atoms with Gasteiger partial charge in [0.1, 0.15) is 0 Å². The number of hydrogen-bond acceptors (Lipinski definition) is 6. The van der Waals surface area contributed by atoms with Crippen molar-refractivity contribution in [3.8, 4) is 0 Å². The van der Waals surface area contributed by atoms with Gasteiger partial charge in [-0.1, -0.05) is 96.7 Å². The Morgan fingerprint density at radius 3 is 1.92 bits per heavy atom. The van der Waals surface area contributed by atoms with Gasteiger partial charge < -0.3 is 14.7 Å². The summed E-state index contributed by atoms with van der Waals surface area (Å²) in [7, 11) is 0. The molecule has 8 aromatic rings. The highest BCUT2D eigenvalue weighted by Crippen LogP contribution is 2.59. The molecule has 0 unspecified atom stereocenters. The van der Waals surface area contributed by atoms with Crippen molar-refractivity contribution < 1.29 is 0 Å². The summed E-state index contributed by atoms with van der Waals surface area (Å²) >= 11 is 1.86. The number of benzene rings is 6. The monoisotopic (exact) mass is 669 g/mol. The maximum atomic E-state index is 4.96. The molecule has 0 radical (unpaired) electrons. The molecule has 51 heavy (non-hydrogen) atoms. The van der Waals surface area contributed by atoms with E-state index in [1.165, 1.54) is 48.9 Å². The van der Waals surface area contributed by atoms with Crippen molar-refractivity contribution in [2.75, 3.05) is 14.7 Å². The van der Waals surface area contributed by atoms with Crippen LogP contribution in [0.15, 0.2) is 180 Å². The summed E-state index contributed by atoms with van der Waals surface area (Å²) in [6.45, 7) is 0.0381. The van der Waals surface area contributed by atoms with Crippen LogP contribution in [0.25, 0.3) is 10.9 Å². The van der Waals surface area contributed by atoms with Gasteiger partial charge in [-0.3, -0.25) is 9.97 Å². The van der Waals surface area contributed by atoms with Gasteiger partial charge in [0, 0.05) is 57.3 Å². The molecular weight excluding hydrogens is 641 g/mol. The van der Waals surface area contributed by atoms with Gasteiger partial charge in [-0.05, 0) is 83.1 Å². The molecule has 3 aliphatic rings. The first-order chi connectivity index (χ1) is 25.3. The average molecular weight is 670 g/mol. The van der Waals surface area contributed by atoms with Crippen LogP contribution in [-0.2, 0) is 0 Å². The summed E-state index contributed by atoms with van der Waals surface area (Å²) in [6, 6.07) is 54.8. The number of pyridine rings is 2. The van der Waals surface area contributed by atoms with Crippen LogP contribution in [0.4, 0.5) is 51.2 Å². The molecule has 0 atom stereocenters. The second-order valence-electron chi connectivity index (χ2n) is 13.0. The van der Waals surface area contributed by atoms with Gasteiger partial charge in [0.2, 0.25) is 0 Å². The number of fused-ring (bicyclic) bond motifs is 8. The molecular formula is C44H28BN5S. The molecule has 0 saturated carbocycles. The molecule has 5 nitrogen and oxygen atoms in total. The third-order valence-electron chi connectivity index (χ3n) is 10.3. The highest BCUT2D eigenvalue weighted by molar-refractivity contribution is 8.00. The van der Waals surface area contributed by atoms with E-state index in [-0.39, 0.29) is 6.71 Å². The van der Waals surface area contributed by atoms with E-state index in [1.807, 2.05) is 36.4 Å². The normalized spacial score (nSPS) is 13.6. The summed E-state index contributed by atoms with van der Waals surface area (Å²) in [5, 5.41) is 1.11. The number of para-hydroxylation sites is 5. The van der Waals surface area contributed by atoms with E-state index in [4.69, 9.17) is 4.98 Å². The minimum Gasteiger partial charge on any atom is -0.311 e. The molecule has 0 N–H and O–H groups in total. The zero-order chi connectivity index (χ0) is 33.5. The molecule has 0 spiro atoms.